The van der Waals surface area contributed by atoms with Gasteiger partial charge in [0.05, 0.1) is 11.4 Å². The van der Waals surface area contributed by atoms with Crippen LogP contribution in [0.3, 0.4) is 0 Å². The maximum atomic E-state index is 4.50. The van der Waals surface area contributed by atoms with E-state index in [2.05, 4.69) is 15.2 Å². The minimum absolute atomic E-state index is 0.856. The first-order chi connectivity index (χ1) is 10.8. The quantitative estimate of drug-likeness (QED) is 0.550. The van der Waals surface area contributed by atoms with Crippen molar-refractivity contribution in [2.45, 2.75) is 6.92 Å². The topological polar surface area (TPSA) is 40.5 Å². The molecule has 1 aromatic heterocycles. The number of nitrogens with one attached hydrogen (secondary N) is 1. The molecule has 1 N–H and O–H groups in total. The van der Waals surface area contributed by atoms with Crippen molar-refractivity contribution in [2.75, 3.05) is 0 Å². The number of rotatable bonds is 4. The van der Waals surface area contributed by atoms with Crippen molar-refractivity contribution in [2.24, 2.45) is 10.2 Å². The number of hydrogen-bond donors (Lipinski definition) is 1. The van der Waals surface area contributed by atoms with Crippen LogP contribution in [0.15, 0.2) is 89.2 Å². The Morgan fingerprint density at radius 1 is 0.727 bits per heavy atom. The van der Waals surface area contributed by atoms with Crippen LogP contribution in [0.5, 0.6) is 0 Å². The van der Waals surface area contributed by atoms with E-state index in [-0.39, 0.29) is 0 Å². The minimum atomic E-state index is 0.856. The van der Waals surface area contributed by atoms with Gasteiger partial charge < -0.3 is 4.98 Å². The van der Waals surface area contributed by atoms with Crippen LogP contribution >= 0.6 is 0 Å². The highest BCUT2D eigenvalue weighted by Gasteiger charge is 2.06. The van der Waals surface area contributed by atoms with Gasteiger partial charge in [-0.25, -0.2) is 0 Å². The van der Waals surface area contributed by atoms with Crippen molar-refractivity contribution < 1.29 is 0 Å². The molecule has 0 aliphatic carbocycles. The Labute approximate surface area is 130 Å². The van der Waals surface area contributed by atoms with Gasteiger partial charge in [0.15, 0.2) is 0 Å². The van der Waals surface area contributed by atoms with Crippen LogP contribution in [-0.4, -0.2) is 16.4 Å². The van der Waals surface area contributed by atoms with Crippen molar-refractivity contribution in [1.82, 2.24) is 4.98 Å². The largest absolute Gasteiger partial charge is 0.360 e. The van der Waals surface area contributed by atoms with Gasteiger partial charge in [0.1, 0.15) is 5.71 Å². The smallest absolute Gasteiger partial charge is 0.100 e. The summed E-state index contributed by atoms with van der Waals surface area (Å²) in [5.74, 6) is 0. The van der Waals surface area contributed by atoms with E-state index in [4.69, 9.17) is 0 Å². The highest BCUT2D eigenvalue weighted by molar-refractivity contribution is 6.13. The first-order valence-corrected chi connectivity index (χ1v) is 7.21. The van der Waals surface area contributed by atoms with Crippen LogP contribution in [-0.2, 0) is 0 Å². The van der Waals surface area contributed by atoms with Crippen molar-refractivity contribution >= 4 is 11.4 Å². The summed E-state index contributed by atoms with van der Waals surface area (Å²) in [5, 5.41) is 8.90. The van der Waals surface area contributed by atoms with E-state index in [1.54, 1.807) is 0 Å². The van der Waals surface area contributed by atoms with Gasteiger partial charge in [-0.05, 0) is 19.1 Å². The van der Waals surface area contributed by atoms with Crippen molar-refractivity contribution in [3.63, 3.8) is 0 Å². The van der Waals surface area contributed by atoms with E-state index in [0.717, 1.165) is 28.2 Å². The summed E-state index contributed by atoms with van der Waals surface area (Å²) < 4.78 is 0. The molecule has 0 unspecified atom stereocenters. The zero-order chi connectivity index (χ0) is 15.2. The Kier molecular flexibility index (Phi) is 4.25. The summed E-state index contributed by atoms with van der Waals surface area (Å²) in [6.45, 7) is 1.95. The number of aromatic amines is 1. The SMILES string of the molecule is CC(=NN=C(c1ccccc1)c1ccccc1)c1ccc[nH]1. The number of hydrogen-bond acceptors (Lipinski definition) is 2. The summed E-state index contributed by atoms with van der Waals surface area (Å²) >= 11 is 0. The standard InChI is InChI=1S/C19H17N3/c1-15(18-13-8-14-20-18)21-22-19(16-9-4-2-5-10-16)17-11-6-3-7-12-17/h2-14,20H,1H3. The third-order valence-corrected chi connectivity index (χ3v) is 3.38. The molecule has 2 aromatic carbocycles. The predicted molar refractivity (Wildman–Crippen MR) is 91.5 cm³/mol. The molecular weight excluding hydrogens is 270 g/mol. The molecule has 3 aromatic rings. The molecule has 0 amide bonds. The molecule has 3 nitrogen and oxygen atoms in total. The molecule has 0 saturated carbocycles. The van der Waals surface area contributed by atoms with E-state index in [1.807, 2.05) is 85.9 Å². The maximum Gasteiger partial charge on any atom is 0.100 e. The second-order valence-corrected chi connectivity index (χ2v) is 4.95. The summed E-state index contributed by atoms with van der Waals surface area (Å²) in [6, 6.07) is 24.2. The zero-order valence-electron chi connectivity index (χ0n) is 12.4. The lowest BCUT2D eigenvalue weighted by molar-refractivity contribution is 1.21. The van der Waals surface area contributed by atoms with Crippen LogP contribution in [0.1, 0.15) is 23.7 Å². The molecule has 108 valence electrons. The van der Waals surface area contributed by atoms with Gasteiger partial charge in [0.25, 0.3) is 0 Å². The lowest BCUT2D eigenvalue weighted by Crippen LogP contribution is -2.03. The molecule has 22 heavy (non-hydrogen) atoms. The van der Waals surface area contributed by atoms with E-state index in [0.29, 0.717) is 0 Å². The fraction of sp³-hybridized carbons (Fsp3) is 0.0526. The fourth-order valence-corrected chi connectivity index (χ4v) is 2.21. The number of nitrogens with zero attached hydrogens (tertiary/aromatic N) is 2. The maximum absolute atomic E-state index is 4.50. The van der Waals surface area contributed by atoms with Crippen LogP contribution in [0.2, 0.25) is 0 Å². The lowest BCUT2D eigenvalue weighted by atomic mass is 10.0. The highest BCUT2D eigenvalue weighted by atomic mass is 15.2. The predicted octanol–water partition coefficient (Wildman–Crippen LogP) is 4.28. The molecule has 0 fully saturated rings. The second-order valence-electron chi connectivity index (χ2n) is 4.95. The second kappa shape index (κ2) is 6.68. The van der Waals surface area contributed by atoms with Crippen LogP contribution in [0.4, 0.5) is 0 Å². The van der Waals surface area contributed by atoms with Gasteiger partial charge in [-0.1, -0.05) is 60.7 Å². The third-order valence-electron chi connectivity index (χ3n) is 3.38. The molecule has 0 saturated heterocycles. The summed E-state index contributed by atoms with van der Waals surface area (Å²) in [7, 11) is 0. The number of aromatic nitrogens is 1. The monoisotopic (exact) mass is 287 g/mol. The van der Waals surface area contributed by atoms with Crippen LogP contribution in [0, 0.1) is 0 Å². The average Bonchev–Trinajstić information content (AvgIpc) is 3.11. The third kappa shape index (κ3) is 3.20. The Bertz CT molecular complexity index is 729. The Hall–Kier alpha value is -2.94. The van der Waals surface area contributed by atoms with E-state index < -0.39 is 0 Å². The summed E-state index contributed by atoms with van der Waals surface area (Å²) in [4.78, 5) is 3.14. The fourth-order valence-electron chi connectivity index (χ4n) is 2.21. The molecule has 0 aliphatic heterocycles. The average molecular weight is 287 g/mol. The molecule has 0 radical (unpaired) electrons. The van der Waals surface area contributed by atoms with Gasteiger partial charge in [-0.2, -0.15) is 5.10 Å². The molecule has 1 heterocycles. The Balaban J connectivity index is 2.03. The molecule has 3 heteroatoms. The number of H-pyrrole nitrogens is 1. The lowest BCUT2D eigenvalue weighted by Gasteiger charge is -2.05. The van der Waals surface area contributed by atoms with Gasteiger partial charge in [0.2, 0.25) is 0 Å². The molecule has 0 bridgehead atoms. The Morgan fingerprint density at radius 3 is 1.82 bits per heavy atom. The summed E-state index contributed by atoms with van der Waals surface area (Å²) in [6.07, 6.45) is 1.88. The highest BCUT2D eigenvalue weighted by Crippen LogP contribution is 2.11. The van der Waals surface area contributed by atoms with Crippen LogP contribution < -0.4 is 0 Å². The van der Waals surface area contributed by atoms with Crippen molar-refractivity contribution in [1.29, 1.82) is 0 Å². The van der Waals surface area contributed by atoms with E-state index in [1.165, 1.54) is 0 Å². The molecule has 0 aliphatic rings. The van der Waals surface area contributed by atoms with Gasteiger partial charge in [0, 0.05) is 17.3 Å². The van der Waals surface area contributed by atoms with Gasteiger partial charge >= 0.3 is 0 Å². The normalized spacial score (nSPS) is 11.2. The van der Waals surface area contributed by atoms with Crippen molar-refractivity contribution in [3.05, 3.63) is 95.8 Å². The minimum Gasteiger partial charge on any atom is -0.360 e. The van der Waals surface area contributed by atoms with Gasteiger partial charge in [-0.15, -0.1) is 5.10 Å². The summed E-state index contributed by atoms with van der Waals surface area (Å²) in [5.41, 5.74) is 4.80. The Morgan fingerprint density at radius 2 is 1.32 bits per heavy atom. The molecule has 0 atom stereocenters. The zero-order valence-corrected chi connectivity index (χ0v) is 12.4. The van der Waals surface area contributed by atoms with Gasteiger partial charge in [-0.3, -0.25) is 0 Å². The number of benzene rings is 2. The van der Waals surface area contributed by atoms with Crippen molar-refractivity contribution in [3.8, 4) is 0 Å². The first-order valence-electron chi connectivity index (χ1n) is 7.21. The van der Waals surface area contributed by atoms with E-state index >= 15 is 0 Å². The molecule has 3 rings (SSSR count). The van der Waals surface area contributed by atoms with E-state index in [9.17, 15) is 0 Å². The molecular formula is C19H17N3. The molecule has 0 spiro atoms. The first kappa shape index (κ1) is 14.0. The van der Waals surface area contributed by atoms with Crippen LogP contribution in [0.25, 0.3) is 0 Å².